The molecule has 0 radical (unpaired) electrons. The molecule has 0 saturated heterocycles. The maximum Gasteiger partial charge on any atom is 0.420 e. The molecule has 0 aliphatic carbocycles. The Morgan fingerprint density at radius 2 is 2.00 bits per heavy atom. The number of oxazole rings is 1. The molecule has 1 aromatic heterocycles. The zero-order chi connectivity index (χ0) is 18.2. The normalized spacial score (nSPS) is 11.6. The van der Waals surface area contributed by atoms with Gasteiger partial charge in [-0.1, -0.05) is 17.7 Å². The van der Waals surface area contributed by atoms with Crippen LogP contribution in [-0.4, -0.2) is 18.9 Å². The summed E-state index contributed by atoms with van der Waals surface area (Å²) in [6, 6.07) is 10.1. The highest BCUT2D eigenvalue weighted by molar-refractivity contribution is 7.89. The van der Waals surface area contributed by atoms with Gasteiger partial charge in [0.1, 0.15) is 6.54 Å². The fourth-order valence-corrected chi connectivity index (χ4v) is 3.01. The predicted octanol–water partition coefficient (Wildman–Crippen LogP) is 1.53. The lowest BCUT2D eigenvalue weighted by molar-refractivity contribution is -0.116. The molecule has 0 atom stereocenters. The zero-order valence-electron chi connectivity index (χ0n) is 12.6. The van der Waals surface area contributed by atoms with E-state index in [4.69, 9.17) is 21.2 Å². The number of amides is 1. The van der Waals surface area contributed by atoms with Crippen LogP contribution in [0.15, 0.2) is 56.6 Å². The smallest absolute Gasteiger partial charge is 0.408 e. The van der Waals surface area contributed by atoms with Crippen molar-refractivity contribution in [3.8, 4) is 0 Å². The molecule has 8 nitrogen and oxygen atoms in total. The first kappa shape index (κ1) is 17.2. The molecule has 3 aromatic rings. The monoisotopic (exact) mass is 381 g/mol. The fraction of sp³-hybridized carbons (Fsp3) is 0.0667. The number of benzene rings is 2. The molecule has 3 rings (SSSR count). The number of carbonyl (C=O) groups excluding carboxylic acids is 1. The van der Waals surface area contributed by atoms with E-state index >= 15 is 0 Å². The van der Waals surface area contributed by atoms with Crippen LogP contribution >= 0.6 is 11.6 Å². The standard InChI is InChI=1S/C15H12ClN3O5S/c16-9-4-5-12-13(6-9)24-15(21)19(12)8-14(20)18-10-2-1-3-11(7-10)25(17,22)23/h1-7H,8H2,(H,18,20)(H2,17,22,23). The summed E-state index contributed by atoms with van der Waals surface area (Å²) < 4.78 is 28.9. The van der Waals surface area contributed by atoms with Crippen molar-refractivity contribution in [2.45, 2.75) is 11.4 Å². The molecule has 1 heterocycles. The van der Waals surface area contributed by atoms with Gasteiger partial charge in [0, 0.05) is 16.8 Å². The third kappa shape index (κ3) is 3.73. The Labute approximate surface area is 146 Å². The number of hydrogen-bond acceptors (Lipinski definition) is 5. The largest absolute Gasteiger partial charge is 0.420 e. The van der Waals surface area contributed by atoms with Gasteiger partial charge >= 0.3 is 5.76 Å². The van der Waals surface area contributed by atoms with E-state index in [9.17, 15) is 18.0 Å². The minimum Gasteiger partial charge on any atom is -0.408 e. The zero-order valence-corrected chi connectivity index (χ0v) is 14.2. The maximum atomic E-state index is 12.2. The molecular formula is C15H12ClN3O5S. The Balaban J connectivity index is 1.84. The Bertz CT molecular complexity index is 1130. The first-order chi connectivity index (χ1) is 11.7. The molecule has 0 unspecified atom stereocenters. The van der Waals surface area contributed by atoms with E-state index in [0.29, 0.717) is 10.5 Å². The molecular weight excluding hydrogens is 370 g/mol. The number of anilines is 1. The van der Waals surface area contributed by atoms with Crippen LogP contribution < -0.4 is 16.2 Å². The molecule has 0 fully saturated rings. The van der Waals surface area contributed by atoms with Crippen molar-refractivity contribution < 1.29 is 17.6 Å². The molecule has 130 valence electrons. The van der Waals surface area contributed by atoms with Gasteiger partial charge in [-0.2, -0.15) is 0 Å². The summed E-state index contributed by atoms with van der Waals surface area (Å²) in [5, 5.41) is 7.96. The van der Waals surface area contributed by atoms with Crippen LogP contribution in [0.25, 0.3) is 11.1 Å². The van der Waals surface area contributed by atoms with Crippen LogP contribution in [0.2, 0.25) is 5.02 Å². The number of nitrogens with one attached hydrogen (secondary N) is 1. The molecule has 1 amide bonds. The molecule has 10 heteroatoms. The second kappa shape index (κ2) is 6.36. The Morgan fingerprint density at radius 3 is 2.72 bits per heavy atom. The Kier molecular flexibility index (Phi) is 4.38. The summed E-state index contributed by atoms with van der Waals surface area (Å²) in [6.45, 7) is -0.312. The van der Waals surface area contributed by atoms with Gasteiger partial charge in [0.15, 0.2) is 5.58 Å². The molecule has 0 saturated carbocycles. The van der Waals surface area contributed by atoms with Gasteiger partial charge in [0.05, 0.1) is 10.4 Å². The summed E-state index contributed by atoms with van der Waals surface area (Å²) >= 11 is 5.84. The van der Waals surface area contributed by atoms with E-state index in [0.717, 1.165) is 4.57 Å². The highest BCUT2D eigenvalue weighted by Gasteiger charge is 2.14. The van der Waals surface area contributed by atoms with Crippen molar-refractivity contribution in [3.63, 3.8) is 0 Å². The lowest BCUT2D eigenvalue weighted by Gasteiger charge is -2.07. The third-order valence-corrected chi connectivity index (χ3v) is 4.52. The van der Waals surface area contributed by atoms with Crippen molar-refractivity contribution in [2.75, 3.05) is 5.32 Å². The minimum atomic E-state index is -3.88. The van der Waals surface area contributed by atoms with Crippen LogP contribution in [0, 0.1) is 0 Å². The number of nitrogens with two attached hydrogens (primary N) is 1. The summed E-state index contributed by atoms with van der Waals surface area (Å²) in [7, 11) is -3.88. The summed E-state index contributed by atoms with van der Waals surface area (Å²) in [5.41, 5.74) is 0.921. The van der Waals surface area contributed by atoms with Gasteiger partial charge in [-0.25, -0.2) is 18.4 Å². The number of rotatable bonds is 4. The lowest BCUT2D eigenvalue weighted by atomic mass is 10.3. The quantitative estimate of drug-likeness (QED) is 0.709. The first-order valence-electron chi connectivity index (χ1n) is 6.96. The summed E-state index contributed by atoms with van der Waals surface area (Å²) in [6.07, 6.45) is 0. The second-order valence-electron chi connectivity index (χ2n) is 5.19. The number of aromatic nitrogens is 1. The van der Waals surface area contributed by atoms with E-state index in [-0.39, 0.29) is 22.7 Å². The predicted molar refractivity (Wildman–Crippen MR) is 91.9 cm³/mol. The van der Waals surface area contributed by atoms with Crippen molar-refractivity contribution in [1.82, 2.24) is 4.57 Å². The average molecular weight is 382 g/mol. The summed E-state index contributed by atoms with van der Waals surface area (Å²) in [5.74, 6) is -1.24. The number of sulfonamides is 1. The molecule has 0 bridgehead atoms. The van der Waals surface area contributed by atoms with Crippen LogP contribution in [0.5, 0.6) is 0 Å². The van der Waals surface area contributed by atoms with Crippen molar-refractivity contribution in [3.05, 3.63) is 58.0 Å². The highest BCUT2D eigenvalue weighted by Crippen LogP contribution is 2.19. The van der Waals surface area contributed by atoms with Crippen LogP contribution in [0.1, 0.15) is 0 Å². The number of nitrogens with zero attached hydrogens (tertiary/aromatic N) is 1. The SMILES string of the molecule is NS(=O)(=O)c1cccc(NC(=O)Cn2c(=O)oc3cc(Cl)ccc32)c1. The minimum absolute atomic E-state index is 0.133. The Hall–Kier alpha value is -2.62. The van der Waals surface area contributed by atoms with E-state index < -0.39 is 21.7 Å². The van der Waals surface area contributed by atoms with Crippen LogP contribution in [0.3, 0.4) is 0 Å². The average Bonchev–Trinajstić information content (AvgIpc) is 2.81. The number of primary sulfonamides is 1. The lowest BCUT2D eigenvalue weighted by Crippen LogP contribution is -2.25. The molecule has 25 heavy (non-hydrogen) atoms. The van der Waals surface area contributed by atoms with Crippen molar-refractivity contribution in [1.29, 1.82) is 0 Å². The number of carbonyl (C=O) groups is 1. The number of fused-ring (bicyclic) bond motifs is 1. The molecule has 0 aliphatic heterocycles. The van der Waals surface area contributed by atoms with Gasteiger partial charge in [0.2, 0.25) is 15.9 Å². The maximum absolute atomic E-state index is 12.2. The van der Waals surface area contributed by atoms with E-state index in [1.165, 1.54) is 30.3 Å². The fourth-order valence-electron chi connectivity index (χ4n) is 2.28. The third-order valence-electron chi connectivity index (χ3n) is 3.38. The molecule has 0 spiro atoms. The van der Waals surface area contributed by atoms with Gasteiger partial charge in [-0.05, 0) is 30.3 Å². The van der Waals surface area contributed by atoms with Gasteiger partial charge in [0.25, 0.3) is 0 Å². The van der Waals surface area contributed by atoms with Crippen LogP contribution in [0.4, 0.5) is 5.69 Å². The Morgan fingerprint density at radius 1 is 1.24 bits per heavy atom. The number of hydrogen-bond donors (Lipinski definition) is 2. The van der Waals surface area contributed by atoms with Gasteiger partial charge < -0.3 is 9.73 Å². The molecule has 2 aromatic carbocycles. The van der Waals surface area contributed by atoms with E-state index in [1.54, 1.807) is 12.1 Å². The summed E-state index contributed by atoms with van der Waals surface area (Å²) in [4.78, 5) is 24.0. The van der Waals surface area contributed by atoms with Crippen molar-refractivity contribution in [2.24, 2.45) is 5.14 Å². The molecule has 0 aliphatic rings. The van der Waals surface area contributed by atoms with Crippen molar-refractivity contribution >= 4 is 44.3 Å². The second-order valence-corrected chi connectivity index (χ2v) is 7.19. The van der Waals surface area contributed by atoms with Gasteiger partial charge in [-0.3, -0.25) is 9.36 Å². The molecule has 3 N–H and O–H groups in total. The first-order valence-corrected chi connectivity index (χ1v) is 8.88. The van der Waals surface area contributed by atoms with E-state index in [1.807, 2.05) is 0 Å². The van der Waals surface area contributed by atoms with Gasteiger partial charge in [-0.15, -0.1) is 0 Å². The highest BCUT2D eigenvalue weighted by atomic mass is 35.5. The number of halogens is 1. The van der Waals surface area contributed by atoms with E-state index in [2.05, 4.69) is 5.32 Å². The van der Waals surface area contributed by atoms with Crippen LogP contribution in [-0.2, 0) is 21.4 Å². The topological polar surface area (TPSA) is 124 Å².